The van der Waals surface area contributed by atoms with Crippen LogP contribution in [0.2, 0.25) is 0 Å². The number of nitrogens with two attached hydrogens (primary N) is 1. The van der Waals surface area contributed by atoms with E-state index < -0.39 is 64.1 Å². The van der Waals surface area contributed by atoms with Crippen molar-refractivity contribution in [3.05, 3.63) is 64.4 Å². The van der Waals surface area contributed by atoms with Crippen LogP contribution in [0.3, 0.4) is 0 Å². The van der Waals surface area contributed by atoms with Crippen molar-refractivity contribution in [1.82, 2.24) is 4.90 Å². The second kappa shape index (κ2) is 11.1. The van der Waals surface area contributed by atoms with Gasteiger partial charge in [-0.05, 0) is 73.7 Å². The summed E-state index contributed by atoms with van der Waals surface area (Å²) in [6.07, 6.45) is -0.443. The molecule has 4 atom stereocenters. The van der Waals surface area contributed by atoms with Crippen molar-refractivity contribution >= 4 is 35.0 Å². The van der Waals surface area contributed by atoms with Crippen LogP contribution in [0.4, 0.5) is 10.5 Å². The van der Waals surface area contributed by atoms with Crippen molar-refractivity contribution in [3.63, 3.8) is 0 Å². The zero-order valence-corrected chi connectivity index (χ0v) is 24.7. The largest absolute Gasteiger partial charge is 0.508 e. The van der Waals surface area contributed by atoms with Gasteiger partial charge in [0.1, 0.15) is 22.8 Å². The number of amides is 2. The highest BCUT2D eigenvalue weighted by Crippen LogP contribution is 2.53. The molecule has 0 aromatic heterocycles. The molecule has 12 heteroatoms. The summed E-state index contributed by atoms with van der Waals surface area (Å²) in [5, 5.41) is 47.7. The number of primary amides is 1. The number of carbonyl (C=O) groups is 4. The van der Waals surface area contributed by atoms with Crippen LogP contribution >= 0.6 is 0 Å². The average Bonchev–Trinajstić information content (AvgIpc) is 2.94. The summed E-state index contributed by atoms with van der Waals surface area (Å²) >= 11 is 0. The molecule has 1 saturated carbocycles. The minimum Gasteiger partial charge on any atom is -0.508 e. The first-order valence-electron chi connectivity index (χ1n) is 14.2. The molecule has 3 aliphatic rings. The monoisotopic (exact) mass is 605 g/mol. The average molecular weight is 606 g/mol. The van der Waals surface area contributed by atoms with Gasteiger partial charge in [0.15, 0.2) is 11.4 Å². The first-order valence-corrected chi connectivity index (χ1v) is 14.2. The number of ether oxygens (including phenoxy) is 1. The van der Waals surface area contributed by atoms with E-state index in [0.717, 1.165) is 0 Å². The predicted molar refractivity (Wildman–Crippen MR) is 159 cm³/mol. The lowest BCUT2D eigenvalue weighted by Gasteiger charge is -2.50. The van der Waals surface area contributed by atoms with Crippen molar-refractivity contribution < 1.29 is 44.3 Å². The summed E-state index contributed by atoms with van der Waals surface area (Å²) in [6, 6.07) is 8.75. The molecule has 2 aromatic carbocycles. The number of nitrogens with one attached hydrogen (secondary N) is 1. The molecule has 3 aliphatic carbocycles. The fraction of sp³-hybridized carbons (Fsp3) is 0.375. The number of benzene rings is 2. The summed E-state index contributed by atoms with van der Waals surface area (Å²) < 4.78 is 5.16. The summed E-state index contributed by atoms with van der Waals surface area (Å²) in [5.41, 5.74) is 3.97. The van der Waals surface area contributed by atoms with Gasteiger partial charge in [-0.15, -0.1) is 0 Å². The lowest BCUT2D eigenvalue weighted by molar-refractivity contribution is -0.153. The minimum atomic E-state index is -2.70. The maximum absolute atomic E-state index is 14.0. The van der Waals surface area contributed by atoms with Gasteiger partial charge in [-0.25, -0.2) is 4.79 Å². The number of likely N-dealkylation sites (N-methyl/N-ethyl adjacent to an activating group) is 1. The molecule has 0 spiro atoms. The highest BCUT2D eigenvalue weighted by atomic mass is 16.5. The highest BCUT2D eigenvalue weighted by Gasteiger charge is 2.64. The number of anilines is 1. The molecule has 44 heavy (non-hydrogen) atoms. The van der Waals surface area contributed by atoms with Crippen molar-refractivity contribution in [3.8, 4) is 16.9 Å². The number of aliphatic hydroxyl groups is 3. The van der Waals surface area contributed by atoms with Crippen LogP contribution < -0.4 is 11.1 Å². The van der Waals surface area contributed by atoms with Gasteiger partial charge in [0.25, 0.3) is 5.91 Å². The predicted octanol–water partition coefficient (Wildman–Crippen LogP) is 2.84. The van der Waals surface area contributed by atoms with Gasteiger partial charge in [-0.3, -0.25) is 24.6 Å². The molecule has 1 fully saturated rings. The molecule has 0 heterocycles. The van der Waals surface area contributed by atoms with E-state index in [4.69, 9.17) is 10.5 Å². The molecule has 0 saturated heterocycles. The Hall–Kier alpha value is -4.68. The summed E-state index contributed by atoms with van der Waals surface area (Å²) in [5.74, 6) is -6.84. The number of Topliss-reactive ketones (excluding diaryl/α,β-unsaturated/α-hetero) is 2. The minimum absolute atomic E-state index is 0.00162. The molecule has 0 aliphatic heterocycles. The Morgan fingerprint density at radius 3 is 2.34 bits per heavy atom. The molecule has 7 N–H and O–H groups in total. The Morgan fingerprint density at radius 1 is 1.09 bits per heavy atom. The highest BCUT2D eigenvalue weighted by molar-refractivity contribution is 6.24. The maximum Gasteiger partial charge on any atom is 0.411 e. The van der Waals surface area contributed by atoms with E-state index in [1.807, 2.05) is 13.8 Å². The molecule has 0 bridgehead atoms. The van der Waals surface area contributed by atoms with Crippen LogP contribution in [-0.2, 0) is 25.5 Å². The fourth-order valence-corrected chi connectivity index (χ4v) is 6.64. The van der Waals surface area contributed by atoms with E-state index >= 15 is 0 Å². The summed E-state index contributed by atoms with van der Waals surface area (Å²) in [6.45, 7) is 4.13. The fourth-order valence-electron chi connectivity index (χ4n) is 6.64. The lowest BCUT2D eigenvalue weighted by atomic mass is 9.57. The van der Waals surface area contributed by atoms with E-state index in [1.165, 1.54) is 11.0 Å². The third-order valence-corrected chi connectivity index (χ3v) is 8.59. The van der Waals surface area contributed by atoms with Crippen molar-refractivity contribution in [2.45, 2.75) is 38.3 Å². The Labute approximate surface area is 253 Å². The second-order valence-electron chi connectivity index (χ2n) is 12.1. The SMILES string of the molecule is CC(C)COC(=O)Nc1ccc(-c2ccc(O)c3c2C[C@@H]2C[C@@H]4C(N(C)C)C(=O)C(C(N)=O)=C(O)[C@]4(O)C(=O)C2=C3O)cc1. The molecule has 1 unspecified atom stereocenters. The Kier molecular flexibility index (Phi) is 7.77. The van der Waals surface area contributed by atoms with Gasteiger partial charge in [-0.1, -0.05) is 32.0 Å². The van der Waals surface area contributed by atoms with E-state index in [1.54, 1.807) is 44.4 Å². The van der Waals surface area contributed by atoms with Crippen LogP contribution in [0.1, 0.15) is 31.4 Å². The third-order valence-electron chi connectivity index (χ3n) is 8.59. The molecular formula is C32H35N3O9. The first kappa shape index (κ1) is 30.8. The van der Waals surface area contributed by atoms with Crippen LogP contribution in [0.5, 0.6) is 5.75 Å². The number of fused-ring (bicyclic) bond motifs is 3. The van der Waals surface area contributed by atoms with Crippen LogP contribution in [0.15, 0.2) is 53.3 Å². The van der Waals surface area contributed by atoms with Gasteiger partial charge < -0.3 is 30.9 Å². The number of hydrogen-bond donors (Lipinski definition) is 6. The Balaban J connectivity index is 1.57. The third kappa shape index (κ3) is 4.80. The smallest absolute Gasteiger partial charge is 0.411 e. The normalized spacial score (nSPS) is 24.7. The van der Waals surface area contributed by atoms with Gasteiger partial charge >= 0.3 is 6.09 Å². The number of rotatable bonds is 6. The zero-order valence-electron chi connectivity index (χ0n) is 24.7. The van der Waals surface area contributed by atoms with Crippen molar-refractivity contribution in [2.75, 3.05) is 26.0 Å². The molecule has 12 nitrogen and oxygen atoms in total. The van der Waals surface area contributed by atoms with Gasteiger partial charge in [-0.2, -0.15) is 0 Å². The number of carbonyl (C=O) groups excluding carboxylic acids is 4. The summed E-state index contributed by atoms with van der Waals surface area (Å²) in [4.78, 5) is 52.9. The molecule has 2 amide bonds. The number of ketones is 2. The quantitative estimate of drug-likeness (QED) is 0.266. The Morgan fingerprint density at radius 2 is 1.75 bits per heavy atom. The van der Waals surface area contributed by atoms with E-state index in [0.29, 0.717) is 22.4 Å². The zero-order chi connectivity index (χ0) is 32.2. The molecular weight excluding hydrogens is 570 g/mol. The topological polar surface area (TPSA) is 200 Å². The van der Waals surface area contributed by atoms with Gasteiger partial charge in [0, 0.05) is 17.2 Å². The van der Waals surface area contributed by atoms with Crippen molar-refractivity contribution in [1.29, 1.82) is 0 Å². The molecule has 0 radical (unpaired) electrons. The van der Waals surface area contributed by atoms with Crippen LogP contribution in [0.25, 0.3) is 16.9 Å². The second-order valence-corrected chi connectivity index (χ2v) is 12.1. The number of nitrogens with zero attached hydrogens (tertiary/aromatic N) is 1. The van der Waals surface area contributed by atoms with Gasteiger partial charge in [0.2, 0.25) is 5.78 Å². The van der Waals surface area contributed by atoms with Crippen LogP contribution in [-0.4, -0.2) is 81.2 Å². The van der Waals surface area contributed by atoms with Gasteiger partial charge in [0.05, 0.1) is 18.2 Å². The number of phenolic OH excluding ortho intramolecular Hbond substituents is 1. The van der Waals surface area contributed by atoms with E-state index in [9.17, 15) is 39.6 Å². The van der Waals surface area contributed by atoms with E-state index in [-0.39, 0.29) is 42.3 Å². The van der Waals surface area contributed by atoms with Crippen LogP contribution in [0, 0.1) is 17.8 Å². The standard InChI is InChI=1S/C32H35N3O9/c1-14(2)13-44-31(42)34-17-7-5-15(6-8-17)18-9-10-21(36)23-19(18)11-16-12-20-25(35(3)4)27(38)24(30(33)41)29(40)32(20,43)28(39)22(16)26(23)37/h5-10,14,16,20,25,36-37,40,43H,11-13H2,1-4H3,(H2,33,41)(H,34,42)/t16-,20-,25?,32-/m1/s1. The maximum atomic E-state index is 14.0. The van der Waals surface area contributed by atoms with E-state index in [2.05, 4.69) is 5.32 Å². The summed E-state index contributed by atoms with van der Waals surface area (Å²) in [7, 11) is 3.10. The first-order chi connectivity index (χ1) is 20.7. The lowest BCUT2D eigenvalue weighted by Crippen LogP contribution is -2.65. The molecule has 232 valence electrons. The number of phenols is 1. The molecule has 5 rings (SSSR count). The number of aromatic hydroxyl groups is 1. The number of hydrogen-bond acceptors (Lipinski definition) is 10. The number of aliphatic hydroxyl groups excluding tert-OH is 2. The molecule has 2 aromatic rings. The van der Waals surface area contributed by atoms with Crippen molar-refractivity contribution in [2.24, 2.45) is 23.5 Å². The Bertz CT molecular complexity index is 1640.